The number of amides is 1. The molecule has 27 heavy (non-hydrogen) atoms. The van der Waals surface area contributed by atoms with Crippen LogP contribution in [0.1, 0.15) is 18.5 Å². The molecule has 138 valence electrons. The van der Waals surface area contributed by atoms with Crippen molar-refractivity contribution >= 4 is 16.9 Å². The number of hydrogen-bond donors (Lipinski definition) is 1. The summed E-state index contributed by atoms with van der Waals surface area (Å²) < 4.78 is 21.3. The van der Waals surface area contributed by atoms with E-state index in [9.17, 15) is 9.59 Å². The Morgan fingerprint density at radius 1 is 1.11 bits per heavy atom. The summed E-state index contributed by atoms with van der Waals surface area (Å²) in [6.07, 6.45) is 0. The normalized spacial score (nSPS) is 13.4. The third-order valence-electron chi connectivity index (χ3n) is 4.24. The van der Waals surface area contributed by atoms with Gasteiger partial charge in [-0.1, -0.05) is 6.07 Å². The van der Waals surface area contributed by atoms with Crippen molar-refractivity contribution in [3.63, 3.8) is 0 Å². The minimum Gasteiger partial charge on any atom is -0.484 e. The van der Waals surface area contributed by atoms with Crippen LogP contribution < -0.4 is 25.2 Å². The lowest BCUT2D eigenvalue weighted by Gasteiger charge is -2.15. The number of hydrogen-bond acceptors (Lipinski definition) is 6. The Morgan fingerprint density at radius 3 is 2.81 bits per heavy atom. The summed E-state index contributed by atoms with van der Waals surface area (Å²) in [5, 5.41) is 3.65. The molecule has 0 radical (unpaired) electrons. The maximum absolute atomic E-state index is 12.2. The van der Waals surface area contributed by atoms with Gasteiger partial charge in [0.15, 0.2) is 18.1 Å². The van der Waals surface area contributed by atoms with E-state index in [0.717, 1.165) is 10.9 Å². The van der Waals surface area contributed by atoms with Crippen LogP contribution in [0.25, 0.3) is 11.0 Å². The highest BCUT2D eigenvalue weighted by Gasteiger charge is 2.17. The van der Waals surface area contributed by atoms with Gasteiger partial charge in [-0.15, -0.1) is 0 Å². The molecule has 1 unspecified atom stereocenters. The molecule has 1 aliphatic heterocycles. The maximum atomic E-state index is 12.2. The van der Waals surface area contributed by atoms with Crippen LogP contribution in [-0.4, -0.2) is 19.3 Å². The Labute approximate surface area is 154 Å². The van der Waals surface area contributed by atoms with Gasteiger partial charge in [0.1, 0.15) is 11.3 Å². The van der Waals surface area contributed by atoms with Gasteiger partial charge in [-0.3, -0.25) is 4.79 Å². The third-order valence-corrected chi connectivity index (χ3v) is 4.24. The van der Waals surface area contributed by atoms with Gasteiger partial charge < -0.3 is 23.9 Å². The van der Waals surface area contributed by atoms with Crippen molar-refractivity contribution < 1.29 is 23.4 Å². The van der Waals surface area contributed by atoms with Gasteiger partial charge in [0.25, 0.3) is 5.91 Å². The molecular weight excluding hydrogens is 350 g/mol. The maximum Gasteiger partial charge on any atom is 0.336 e. The molecule has 7 nitrogen and oxygen atoms in total. The minimum atomic E-state index is -0.435. The van der Waals surface area contributed by atoms with E-state index in [-0.39, 0.29) is 25.3 Å². The SMILES string of the molecule is CC(NC(=O)COc1ccc2ccc(=O)oc2c1)c1ccc2c(c1)OCO2. The van der Waals surface area contributed by atoms with Crippen molar-refractivity contribution in [2.24, 2.45) is 0 Å². The Morgan fingerprint density at radius 2 is 1.93 bits per heavy atom. The second-order valence-corrected chi connectivity index (χ2v) is 6.14. The fourth-order valence-electron chi connectivity index (χ4n) is 2.83. The predicted octanol–water partition coefficient (Wildman–Crippen LogP) is 2.78. The molecule has 1 amide bonds. The van der Waals surface area contributed by atoms with Gasteiger partial charge in [0.05, 0.1) is 6.04 Å². The molecule has 0 fully saturated rings. The molecule has 0 spiro atoms. The Hall–Kier alpha value is -3.48. The van der Waals surface area contributed by atoms with Crippen LogP contribution >= 0.6 is 0 Å². The fourth-order valence-corrected chi connectivity index (χ4v) is 2.83. The van der Waals surface area contributed by atoms with Crippen LogP contribution in [0.3, 0.4) is 0 Å². The van der Waals surface area contributed by atoms with Crippen LogP contribution in [0, 0.1) is 0 Å². The second kappa shape index (κ2) is 7.03. The Balaban J connectivity index is 1.37. The van der Waals surface area contributed by atoms with Crippen molar-refractivity contribution in [1.82, 2.24) is 5.32 Å². The van der Waals surface area contributed by atoms with Gasteiger partial charge >= 0.3 is 5.63 Å². The van der Waals surface area contributed by atoms with Crippen molar-refractivity contribution in [3.05, 3.63) is 64.5 Å². The lowest BCUT2D eigenvalue weighted by molar-refractivity contribution is -0.123. The first-order valence-electron chi connectivity index (χ1n) is 8.44. The van der Waals surface area contributed by atoms with Gasteiger partial charge in [-0.25, -0.2) is 4.79 Å². The zero-order valence-electron chi connectivity index (χ0n) is 14.6. The summed E-state index contributed by atoms with van der Waals surface area (Å²) in [6, 6.07) is 13.4. The monoisotopic (exact) mass is 367 g/mol. The highest BCUT2D eigenvalue weighted by atomic mass is 16.7. The number of fused-ring (bicyclic) bond motifs is 2. The molecule has 2 heterocycles. The average Bonchev–Trinajstić information content (AvgIpc) is 3.13. The van der Waals surface area contributed by atoms with Crippen molar-refractivity contribution in [1.29, 1.82) is 0 Å². The number of carbonyl (C=O) groups excluding carboxylic acids is 1. The largest absolute Gasteiger partial charge is 0.484 e. The first-order chi connectivity index (χ1) is 13.1. The molecule has 2 aromatic carbocycles. The van der Waals surface area contributed by atoms with Crippen LogP contribution in [0.2, 0.25) is 0 Å². The lowest BCUT2D eigenvalue weighted by Crippen LogP contribution is -2.31. The van der Waals surface area contributed by atoms with E-state index >= 15 is 0 Å². The van der Waals surface area contributed by atoms with E-state index in [0.29, 0.717) is 22.8 Å². The summed E-state index contributed by atoms with van der Waals surface area (Å²) in [5.41, 5.74) is 0.879. The zero-order valence-corrected chi connectivity index (χ0v) is 14.6. The summed E-state index contributed by atoms with van der Waals surface area (Å²) in [5.74, 6) is 1.54. The van der Waals surface area contributed by atoms with Gasteiger partial charge in [-0.05, 0) is 42.8 Å². The molecule has 7 heteroatoms. The highest BCUT2D eigenvalue weighted by molar-refractivity contribution is 5.79. The van der Waals surface area contributed by atoms with Crippen molar-refractivity contribution in [2.45, 2.75) is 13.0 Å². The Kier molecular flexibility index (Phi) is 4.42. The van der Waals surface area contributed by atoms with Crippen LogP contribution in [0.15, 0.2) is 57.7 Å². The molecule has 0 bridgehead atoms. The average molecular weight is 367 g/mol. The Bertz CT molecular complexity index is 1060. The molecule has 1 aliphatic rings. The van der Waals surface area contributed by atoms with Gasteiger partial charge in [0.2, 0.25) is 6.79 Å². The molecule has 1 atom stereocenters. The van der Waals surface area contributed by atoms with E-state index in [4.69, 9.17) is 18.6 Å². The standard InChI is InChI=1S/C20H17NO6/c1-12(14-3-6-16-18(8-14)26-11-25-16)21-19(22)10-24-15-5-2-13-4-7-20(23)27-17(13)9-15/h2-9,12H,10-11H2,1H3,(H,21,22). The van der Waals surface area contributed by atoms with Crippen LogP contribution in [0.5, 0.6) is 17.2 Å². The summed E-state index contributed by atoms with van der Waals surface area (Å²) in [4.78, 5) is 23.5. The smallest absolute Gasteiger partial charge is 0.336 e. The van der Waals surface area contributed by atoms with E-state index in [1.807, 2.05) is 25.1 Å². The van der Waals surface area contributed by atoms with E-state index in [1.54, 1.807) is 24.3 Å². The molecule has 3 aromatic rings. The lowest BCUT2D eigenvalue weighted by atomic mass is 10.1. The van der Waals surface area contributed by atoms with Gasteiger partial charge in [0, 0.05) is 17.5 Å². The topological polar surface area (TPSA) is 87.0 Å². The molecule has 4 rings (SSSR count). The van der Waals surface area contributed by atoms with Crippen molar-refractivity contribution in [2.75, 3.05) is 13.4 Å². The van der Waals surface area contributed by atoms with Crippen LogP contribution in [0.4, 0.5) is 0 Å². The number of benzene rings is 2. The molecular formula is C20H17NO6. The van der Waals surface area contributed by atoms with E-state index < -0.39 is 5.63 Å². The van der Waals surface area contributed by atoms with Crippen molar-refractivity contribution in [3.8, 4) is 17.2 Å². The molecule has 1 N–H and O–H groups in total. The summed E-state index contributed by atoms with van der Waals surface area (Å²) in [7, 11) is 0. The molecule has 0 saturated heterocycles. The number of nitrogens with one attached hydrogen (secondary N) is 1. The van der Waals surface area contributed by atoms with Crippen LogP contribution in [-0.2, 0) is 4.79 Å². The van der Waals surface area contributed by atoms with E-state index in [1.165, 1.54) is 6.07 Å². The quantitative estimate of drug-likeness (QED) is 0.698. The highest BCUT2D eigenvalue weighted by Crippen LogP contribution is 2.34. The first-order valence-corrected chi connectivity index (χ1v) is 8.44. The second-order valence-electron chi connectivity index (χ2n) is 6.14. The molecule has 0 aliphatic carbocycles. The van der Waals surface area contributed by atoms with E-state index in [2.05, 4.69) is 5.32 Å². The number of ether oxygens (including phenoxy) is 3. The first kappa shape index (κ1) is 17.0. The third kappa shape index (κ3) is 3.72. The van der Waals surface area contributed by atoms with Gasteiger partial charge in [-0.2, -0.15) is 0 Å². The predicted molar refractivity (Wildman–Crippen MR) is 97.1 cm³/mol. The number of carbonyl (C=O) groups is 1. The zero-order chi connectivity index (χ0) is 18.8. The minimum absolute atomic E-state index is 0.155. The summed E-state index contributed by atoms with van der Waals surface area (Å²) in [6.45, 7) is 1.93. The number of rotatable bonds is 5. The fraction of sp³-hybridized carbons (Fsp3) is 0.200. The molecule has 1 aromatic heterocycles. The summed E-state index contributed by atoms with van der Waals surface area (Å²) >= 11 is 0. The molecule has 0 saturated carbocycles.